The summed E-state index contributed by atoms with van der Waals surface area (Å²) in [5.41, 5.74) is 4.43. The Kier molecular flexibility index (Phi) is 7.99. The van der Waals surface area contributed by atoms with Crippen molar-refractivity contribution < 1.29 is 9.59 Å². The first-order chi connectivity index (χ1) is 16.5. The smallest absolute Gasteiger partial charge is 0.246 e. The number of nitrogens with zero attached hydrogens (tertiary/aromatic N) is 2. The molecule has 1 saturated heterocycles. The van der Waals surface area contributed by atoms with Crippen LogP contribution in [-0.2, 0) is 9.59 Å². The first kappa shape index (κ1) is 24.4. The van der Waals surface area contributed by atoms with Gasteiger partial charge in [0, 0.05) is 12.7 Å². The van der Waals surface area contributed by atoms with Crippen molar-refractivity contribution >= 4 is 11.8 Å². The zero-order chi connectivity index (χ0) is 24.1. The molecule has 34 heavy (non-hydrogen) atoms. The van der Waals surface area contributed by atoms with Gasteiger partial charge < -0.3 is 15.5 Å². The van der Waals surface area contributed by atoms with Crippen LogP contribution >= 0.6 is 0 Å². The molecule has 1 aromatic heterocycles. The molecule has 2 heterocycles. The molecule has 2 N–H and O–H groups in total. The molecule has 1 aliphatic heterocycles. The Hall–Kier alpha value is -2.73. The number of carbonyl (C=O) groups excluding carboxylic acids is 2. The number of likely N-dealkylation sites (tertiary alicyclic amines) is 1. The first-order valence-electron chi connectivity index (χ1n) is 12.8. The summed E-state index contributed by atoms with van der Waals surface area (Å²) in [6, 6.07) is 11.8. The summed E-state index contributed by atoms with van der Waals surface area (Å²) in [4.78, 5) is 33.4. The van der Waals surface area contributed by atoms with Gasteiger partial charge in [-0.2, -0.15) is 0 Å². The molecule has 2 aromatic rings. The predicted octanol–water partition coefficient (Wildman–Crippen LogP) is 4.39. The Labute approximate surface area is 203 Å². The number of nitrogens with one attached hydrogen (secondary N) is 2. The van der Waals surface area contributed by atoms with Crippen LogP contribution in [0, 0.1) is 12.8 Å². The third-order valence-corrected chi connectivity index (χ3v) is 7.55. The predicted molar refractivity (Wildman–Crippen MR) is 135 cm³/mol. The second-order valence-electron chi connectivity index (χ2n) is 9.92. The molecule has 2 fully saturated rings. The Bertz CT molecular complexity index is 984. The lowest BCUT2D eigenvalue weighted by atomic mass is 9.83. The number of aryl methyl sites for hydroxylation is 1. The molecule has 4 rings (SSSR count). The molecule has 6 heteroatoms. The summed E-state index contributed by atoms with van der Waals surface area (Å²) in [5.74, 6) is 0.137. The highest BCUT2D eigenvalue weighted by molar-refractivity contribution is 5.90. The molecular weight excluding hydrogens is 424 g/mol. The highest BCUT2D eigenvalue weighted by Gasteiger charge is 2.39. The number of likely N-dealkylation sites (N-methyl/N-ethyl adjacent to an activating group) is 1. The lowest BCUT2D eigenvalue weighted by Gasteiger charge is -2.35. The van der Waals surface area contributed by atoms with E-state index in [0.717, 1.165) is 55.3 Å². The molecule has 1 aromatic carbocycles. The number of carbonyl (C=O) groups is 2. The molecule has 0 spiro atoms. The number of hydrogen-bond acceptors (Lipinski definition) is 4. The normalized spacial score (nSPS) is 20.7. The van der Waals surface area contributed by atoms with E-state index in [0.29, 0.717) is 6.54 Å². The number of rotatable bonds is 7. The lowest BCUT2D eigenvalue weighted by molar-refractivity contribution is -0.139. The fourth-order valence-electron chi connectivity index (χ4n) is 5.33. The van der Waals surface area contributed by atoms with Crippen molar-refractivity contribution in [2.45, 2.75) is 76.9 Å². The minimum absolute atomic E-state index is 0.0496. The summed E-state index contributed by atoms with van der Waals surface area (Å²) >= 11 is 0. The number of pyridine rings is 1. The van der Waals surface area contributed by atoms with E-state index in [4.69, 9.17) is 0 Å². The summed E-state index contributed by atoms with van der Waals surface area (Å²) in [6.45, 7) is 4.63. The Morgan fingerprint density at radius 2 is 1.74 bits per heavy atom. The molecule has 1 aliphatic carbocycles. The summed E-state index contributed by atoms with van der Waals surface area (Å²) in [5, 5.41) is 6.11. The van der Waals surface area contributed by atoms with Gasteiger partial charge in [0.25, 0.3) is 0 Å². The average Bonchev–Trinajstić information content (AvgIpc) is 3.37. The molecule has 1 saturated carbocycles. The van der Waals surface area contributed by atoms with E-state index in [1.807, 2.05) is 24.1 Å². The van der Waals surface area contributed by atoms with Crippen molar-refractivity contribution in [3.05, 3.63) is 53.9 Å². The molecule has 3 unspecified atom stereocenters. The van der Waals surface area contributed by atoms with E-state index in [1.54, 1.807) is 7.05 Å². The van der Waals surface area contributed by atoms with Crippen LogP contribution in [-0.4, -0.2) is 47.4 Å². The van der Waals surface area contributed by atoms with E-state index >= 15 is 0 Å². The van der Waals surface area contributed by atoms with Gasteiger partial charge in [0.2, 0.25) is 11.8 Å². The van der Waals surface area contributed by atoms with Gasteiger partial charge in [-0.25, -0.2) is 0 Å². The molecule has 2 aliphatic rings. The van der Waals surface area contributed by atoms with E-state index in [1.165, 1.54) is 12.0 Å². The monoisotopic (exact) mass is 462 g/mol. The minimum Gasteiger partial charge on any atom is -0.343 e. The van der Waals surface area contributed by atoms with Crippen LogP contribution in [0.25, 0.3) is 11.1 Å². The average molecular weight is 463 g/mol. The van der Waals surface area contributed by atoms with Crippen LogP contribution < -0.4 is 10.6 Å². The van der Waals surface area contributed by atoms with Gasteiger partial charge in [-0.3, -0.25) is 14.6 Å². The highest BCUT2D eigenvalue weighted by Crippen LogP contribution is 2.35. The van der Waals surface area contributed by atoms with Crippen molar-refractivity contribution in [2.75, 3.05) is 13.6 Å². The van der Waals surface area contributed by atoms with E-state index in [9.17, 15) is 9.59 Å². The number of benzene rings is 1. The number of aromatic nitrogens is 1. The van der Waals surface area contributed by atoms with Crippen LogP contribution in [0.2, 0.25) is 0 Å². The largest absolute Gasteiger partial charge is 0.343 e. The Morgan fingerprint density at radius 3 is 2.44 bits per heavy atom. The molecule has 6 nitrogen and oxygen atoms in total. The molecule has 3 atom stereocenters. The maximum absolute atomic E-state index is 13.9. The number of amides is 2. The van der Waals surface area contributed by atoms with Crippen molar-refractivity contribution in [1.29, 1.82) is 0 Å². The van der Waals surface area contributed by atoms with E-state index in [-0.39, 0.29) is 29.8 Å². The Balaban J connectivity index is 1.57. The van der Waals surface area contributed by atoms with Crippen molar-refractivity contribution in [2.24, 2.45) is 5.92 Å². The zero-order valence-electron chi connectivity index (χ0n) is 20.7. The quantitative estimate of drug-likeness (QED) is 0.640. The third kappa shape index (κ3) is 5.49. The zero-order valence-corrected chi connectivity index (χ0v) is 20.7. The van der Waals surface area contributed by atoms with Gasteiger partial charge in [0.15, 0.2) is 0 Å². The molecule has 0 radical (unpaired) electrons. The summed E-state index contributed by atoms with van der Waals surface area (Å²) in [6.07, 6.45) is 9.12. The molecule has 2 amide bonds. The van der Waals surface area contributed by atoms with Crippen molar-refractivity contribution in [3.8, 4) is 11.1 Å². The molecule has 0 bridgehead atoms. The standard InChI is InChI=1S/C28H38N4O2/c1-19-11-13-21(14-12-19)23-15-16-30-24(18-23)25-10-7-17-32(25)28(34)26(22-8-5-4-6-9-22)31-27(33)20(2)29-3/h11-16,18,20,22,25-26,29H,4-10,17H2,1-3H3,(H,31,33). The van der Waals surface area contributed by atoms with Gasteiger partial charge in [-0.15, -0.1) is 0 Å². The second kappa shape index (κ2) is 11.1. The fraction of sp³-hybridized carbons (Fsp3) is 0.536. The van der Waals surface area contributed by atoms with Crippen LogP contribution in [0.3, 0.4) is 0 Å². The SMILES string of the molecule is CNC(C)C(=O)NC(C(=O)N1CCCC1c1cc(-c2ccc(C)cc2)ccn1)C1CCCCC1. The molecule has 182 valence electrons. The summed E-state index contributed by atoms with van der Waals surface area (Å²) in [7, 11) is 1.77. The van der Waals surface area contributed by atoms with Gasteiger partial charge in [0.1, 0.15) is 6.04 Å². The van der Waals surface area contributed by atoms with Crippen LogP contribution in [0.4, 0.5) is 0 Å². The topological polar surface area (TPSA) is 74.3 Å². The van der Waals surface area contributed by atoms with Crippen LogP contribution in [0.1, 0.15) is 69.2 Å². The maximum atomic E-state index is 13.9. The summed E-state index contributed by atoms with van der Waals surface area (Å²) < 4.78 is 0. The fourth-order valence-corrected chi connectivity index (χ4v) is 5.33. The first-order valence-corrected chi connectivity index (χ1v) is 12.8. The minimum atomic E-state index is -0.468. The lowest BCUT2D eigenvalue weighted by Crippen LogP contribution is -2.55. The van der Waals surface area contributed by atoms with Gasteiger partial charge in [-0.1, -0.05) is 49.1 Å². The Morgan fingerprint density at radius 1 is 1.00 bits per heavy atom. The number of hydrogen-bond donors (Lipinski definition) is 2. The third-order valence-electron chi connectivity index (χ3n) is 7.55. The van der Waals surface area contributed by atoms with Crippen LogP contribution in [0.15, 0.2) is 42.6 Å². The van der Waals surface area contributed by atoms with Crippen molar-refractivity contribution in [3.63, 3.8) is 0 Å². The van der Waals surface area contributed by atoms with Gasteiger partial charge in [0.05, 0.1) is 17.8 Å². The van der Waals surface area contributed by atoms with Crippen molar-refractivity contribution in [1.82, 2.24) is 20.5 Å². The highest BCUT2D eigenvalue weighted by atomic mass is 16.2. The van der Waals surface area contributed by atoms with Crippen LogP contribution in [0.5, 0.6) is 0 Å². The second-order valence-corrected chi connectivity index (χ2v) is 9.92. The van der Waals surface area contributed by atoms with Gasteiger partial charge >= 0.3 is 0 Å². The van der Waals surface area contributed by atoms with Gasteiger partial charge in [-0.05, 0) is 75.8 Å². The maximum Gasteiger partial charge on any atom is 0.246 e. The molecular formula is C28H38N4O2. The van der Waals surface area contributed by atoms with E-state index in [2.05, 4.69) is 52.9 Å². The van der Waals surface area contributed by atoms with E-state index < -0.39 is 6.04 Å².